The van der Waals surface area contributed by atoms with Crippen LogP contribution in [0.25, 0.3) is 12.2 Å². The second-order valence-corrected chi connectivity index (χ2v) is 2.61. The van der Waals surface area contributed by atoms with Gasteiger partial charge in [-0.1, -0.05) is 48.6 Å². The molecule has 0 nitrogen and oxygen atoms in total. The van der Waals surface area contributed by atoms with E-state index in [0.717, 1.165) is 0 Å². The van der Waals surface area contributed by atoms with Gasteiger partial charge < -0.3 is 0 Å². The lowest BCUT2D eigenvalue weighted by Gasteiger charge is -1.86. The van der Waals surface area contributed by atoms with Crippen molar-refractivity contribution >= 4 is 12.2 Å². The van der Waals surface area contributed by atoms with E-state index in [0.29, 0.717) is 0 Å². The minimum absolute atomic E-state index is 1.28. The zero-order chi connectivity index (χ0) is 8.81. The number of allylic oxidation sites excluding steroid dienone is 2. The summed E-state index contributed by atoms with van der Waals surface area (Å²) in [5.41, 5.74) is 0. The molecule has 1 aromatic carbocycles. The van der Waals surface area contributed by atoms with Crippen LogP contribution in [0.4, 0.5) is 0 Å². The molecule has 0 radical (unpaired) electrons. The van der Waals surface area contributed by atoms with Crippen molar-refractivity contribution in [2.24, 2.45) is 0 Å². The molecule has 0 aliphatic rings. The first-order valence-corrected chi connectivity index (χ1v) is 4.23. The predicted molar refractivity (Wildman–Crippen MR) is 55.1 cm³/mol. The third-order valence-corrected chi connectivity index (χ3v) is 1.78. The molecule has 62 valence electrons. The summed E-state index contributed by atoms with van der Waals surface area (Å²) < 4.78 is 0. The Hall–Kier alpha value is -1.30. The van der Waals surface area contributed by atoms with E-state index in [1.807, 2.05) is 13.0 Å². The van der Waals surface area contributed by atoms with E-state index in [-0.39, 0.29) is 0 Å². The van der Waals surface area contributed by atoms with Crippen LogP contribution in [0.3, 0.4) is 0 Å². The van der Waals surface area contributed by atoms with Crippen LogP contribution >= 0.6 is 0 Å². The van der Waals surface area contributed by atoms with Gasteiger partial charge in [0.25, 0.3) is 0 Å². The van der Waals surface area contributed by atoms with E-state index in [9.17, 15) is 0 Å². The normalized spacial score (nSPS) is 14.5. The Bertz CT molecular complexity index is 369. The average molecular weight is 158 g/mol. The number of rotatable bonds is 1. The molecule has 0 amide bonds. The van der Waals surface area contributed by atoms with Gasteiger partial charge in [0.15, 0.2) is 0 Å². The van der Waals surface area contributed by atoms with Crippen LogP contribution in [0.15, 0.2) is 36.4 Å². The van der Waals surface area contributed by atoms with Crippen molar-refractivity contribution in [3.63, 3.8) is 0 Å². The summed E-state index contributed by atoms with van der Waals surface area (Å²) in [4.78, 5) is 0. The quantitative estimate of drug-likeness (QED) is 0.585. The van der Waals surface area contributed by atoms with Gasteiger partial charge >= 0.3 is 0 Å². The van der Waals surface area contributed by atoms with Gasteiger partial charge in [0.2, 0.25) is 0 Å². The summed E-state index contributed by atoms with van der Waals surface area (Å²) in [5, 5.41) is 2.56. The highest BCUT2D eigenvalue weighted by molar-refractivity contribution is 5.38. The fourth-order valence-electron chi connectivity index (χ4n) is 1.13. The molecule has 0 bridgehead atoms. The van der Waals surface area contributed by atoms with Crippen molar-refractivity contribution < 1.29 is 0 Å². The van der Waals surface area contributed by atoms with Gasteiger partial charge in [-0.05, 0) is 24.3 Å². The molecule has 0 atom stereocenters. The lowest BCUT2D eigenvalue weighted by Crippen LogP contribution is -2.22. The maximum Gasteiger partial charge on any atom is -0.0187 e. The van der Waals surface area contributed by atoms with E-state index in [4.69, 9.17) is 0 Å². The SMILES string of the molecule is C\C=C/C=c1/cccc/c1=C\C. The molecule has 0 heterocycles. The molecule has 0 aliphatic carbocycles. The largest absolute Gasteiger partial charge is 0.0876 e. The van der Waals surface area contributed by atoms with Gasteiger partial charge in [0, 0.05) is 0 Å². The highest BCUT2D eigenvalue weighted by Gasteiger charge is 1.78. The van der Waals surface area contributed by atoms with Gasteiger partial charge in [-0.3, -0.25) is 0 Å². The first kappa shape index (κ1) is 8.79. The minimum Gasteiger partial charge on any atom is -0.0876 e. The Morgan fingerprint density at radius 3 is 2.25 bits per heavy atom. The smallest absolute Gasteiger partial charge is 0.0187 e. The van der Waals surface area contributed by atoms with E-state index >= 15 is 0 Å². The first-order chi connectivity index (χ1) is 5.88. The van der Waals surface area contributed by atoms with Gasteiger partial charge in [-0.2, -0.15) is 0 Å². The van der Waals surface area contributed by atoms with Crippen LogP contribution in [0.5, 0.6) is 0 Å². The van der Waals surface area contributed by atoms with E-state index in [1.54, 1.807) is 0 Å². The lowest BCUT2D eigenvalue weighted by molar-refractivity contribution is 1.51. The number of benzene rings is 1. The van der Waals surface area contributed by atoms with Gasteiger partial charge in [-0.25, -0.2) is 0 Å². The Balaban J connectivity index is 3.33. The highest BCUT2D eigenvalue weighted by Crippen LogP contribution is 1.74. The Labute approximate surface area is 73.6 Å². The maximum absolute atomic E-state index is 2.12. The minimum atomic E-state index is 1.28. The Morgan fingerprint density at radius 2 is 1.67 bits per heavy atom. The molecular weight excluding hydrogens is 144 g/mol. The van der Waals surface area contributed by atoms with Gasteiger partial charge in [-0.15, -0.1) is 0 Å². The van der Waals surface area contributed by atoms with Crippen LogP contribution in [0.1, 0.15) is 13.8 Å². The topological polar surface area (TPSA) is 0 Å². The standard InChI is InChI=1S/C12H14/c1-3-5-8-12-10-7-6-9-11(12)4-2/h3-10H,1-2H3/b5-3-,11-4+,12-8-. The molecule has 0 spiro atoms. The first-order valence-electron chi connectivity index (χ1n) is 4.23. The van der Waals surface area contributed by atoms with Crippen LogP contribution in [0.2, 0.25) is 0 Å². The summed E-state index contributed by atoms with van der Waals surface area (Å²) in [6.45, 7) is 4.08. The van der Waals surface area contributed by atoms with Crippen molar-refractivity contribution in [1.29, 1.82) is 0 Å². The van der Waals surface area contributed by atoms with Crippen molar-refractivity contribution in [2.75, 3.05) is 0 Å². The summed E-state index contributed by atoms with van der Waals surface area (Å²) in [6, 6.07) is 8.36. The second-order valence-electron chi connectivity index (χ2n) is 2.61. The maximum atomic E-state index is 2.12. The molecule has 0 aliphatic heterocycles. The molecule has 0 fully saturated rings. The predicted octanol–water partition coefficient (Wildman–Crippen LogP) is 1.84. The van der Waals surface area contributed by atoms with E-state index in [2.05, 4.69) is 49.4 Å². The zero-order valence-electron chi connectivity index (χ0n) is 7.62. The number of hydrogen-bond acceptors (Lipinski definition) is 0. The van der Waals surface area contributed by atoms with E-state index < -0.39 is 0 Å². The molecule has 0 saturated heterocycles. The van der Waals surface area contributed by atoms with Crippen molar-refractivity contribution in [3.8, 4) is 0 Å². The van der Waals surface area contributed by atoms with Crippen LogP contribution in [0, 0.1) is 0 Å². The van der Waals surface area contributed by atoms with Crippen molar-refractivity contribution in [3.05, 3.63) is 46.9 Å². The molecule has 0 saturated carbocycles. The van der Waals surface area contributed by atoms with Gasteiger partial charge in [0.05, 0.1) is 0 Å². The lowest BCUT2D eigenvalue weighted by atomic mass is 10.2. The zero-order valence-corrected chi connectivity index (χ0v) is 7.62. The molecule has 1 rings (SSSR count). The van der Waals surface area contributed by atoms with E-state index in [1.165, 1.54) is 10.4 Å². The molecule has 0 heteroatoms. The molecular formula is C12H14. The van der Waals surface area contributed by atoms with Crippen molar-refractivity contribution in [1.82, 2.24) is 0 Å². The fourth-order valence-corrected chi connectivity index (χ4v) is 1.13. The highest BCUT2D eigenvalue weighted by atomic mass is 13.8. The second kappa shape index (κ2) is 4.55. The molecule has 1 aromatic rings. The van der Waals surface area contributed by atoms with Gasteiger partial charge in [0.1, 0.15) is 0 Å². The van der Waals surface area contributed by atoms with Crippen LogP contribution < -0.4 is 10.4 Å². The summed E-state index contributed by atoms with van der Waals surface area (Å²) in [6.07, 6.45) is 8.33. The summed E-state index contributed by atoms with van der Waals surface area (Å²) >= 11 is 0. The molecule has 0 N–H and O–H groups in total. The monoisotopic (exact) mass is 158 g/mol. The molecule has 0 aromatic heterocycles. The third-order valence-electron chi connectivity index (χ3n) is 1.78. The summed E-state index contributed by atoms with van der Waals surface area (Å²) in [7, 11) is 0. The van der Waals surface area contributed by atoms with Crippen molar-refractivity contribution in [2.45, 2.75) is 13.8 Å². The average Bonchev–Trinajstić information content (AvgIpc) is 2.15. The number of hydrogen-bond donors (Lipinski definition) is 0. The fraction of sp³-hybridized carbons (Fsp3) is 0.167. The Morgan fingerprint density at radius 1 is 1.00 bits per heavy atom. The summed E-state index contributed by atoms with van der Waals surface area (Å²) in [5.74, 6) is 0. The van der Waals surface area contributed by atoms with Crippen LogP contribution in [-0.4, -0.2) is 0 Å². The third kappa shape index (κ3) is 2.09. The Kier molecular flexibility index (Phi) is 3.34. The van der Waals surface area contributed by atoms with Crippen LogP contribution in [-0.2, 0) is 0 Å². The molecule has 12 heavy (non-hydrogen) atoms. The molecule has 0 unspecified atom stereocenters.